The van der Waals surface area contributed by atoms with Gasteiger partial charge < -0.3 is 14.2 Å². The molecule has 204 valence electrons. The quantitative estimate of drug-likeness (QED) is 0.161. The van der Waals surface area contributed by atoms with E-state index in [0.717, 1.165) is 54.5 Å². The van der Waals surface area contributed by atoms with Gasteiger partial charge in [0, 0.05) is 17.0 Å². The Bertz CT molecular complexity index is 927. The molecule has 2 aromatic rings. The summed E-state index contributed by atoms with van der Waals surface area (Å²) in [4.78, 5) is 12.2. The zero-order chi connectivity index (χ0) is 26.3. The SMILES string of the molecule is CCCCCCCCCCCC(=O)OC[C@H]1CCC[C@H](c2ccc(Cl)c(-c3ccc(OCC)cc3)c2)O1. The first-order valence-electron chi connectivity index (χ1n) is 14.4. The monoisotopic (exact) mass is 528 g/mol. The largest absolute Gasteiger partial charge is 0.494 e. The van der Waals surface area contributed by atoms with Crippen molar-refractivity contribution in [1.29, 1.82) is 0 Å². The van der Waals surface area contributed by atoms with E-state index in [9.17, 15) is 4.79 Å². The number of carbonyl (C=O) groups is 1. The smallest absolute Gasteiger partial charge is 0.305 e. The second-order valence-corrected chi connectivity index (χ2v) is 10.5. The van der Waals surface area contributed by atoms with Crippen molar-refractivity contribution in [2.45, 2.75) is 110 Å². The van der Waals surface area contributed by atoms with Gasteiger partial charge in [0.1, 0.15) is 12.4 Å². The van der Waals surface area contributed by atoms with Gasteiger partial charge in [-0.05, 0) is 68.0 Å². The Balaban J connectivity index is 1.41. The molecule has 2 atom stereocenters. The van der Waals surface area contributed by atoms with Gasteiger partial charge in [0.15, 0.2) is 0 Å². The van der Waals surface area contributed by atoms with Crippen molar-refractivity contribution in [2.75, 3.05) is 13.2 Å². The van der Waals surface area contributed by atoms with E-state index in [1.54, 1.807) is 0 Å². The number of rotatable bonds is 16. The van der Waals surface area contributed by atoms with Crippen LogP contribution in [0.4, 0.5) is 0 Å². The molecule has 0 radical (unpaired) electrons. The lowest BCUT2D eigenvalue weighted by Crippen LogP contribution is -2.28. The second kappa shape index (κ2) is 16.7. The van der Waals surface area contributed by atoms with Gasteiger partial charge in [-0.15, -0.1) is 0 Å². The molecule has 0 unspecified atom stereocenters. The maximum Gasteiger partial charge on any atom is 0.305 e. The molecule has 0 aromatic heterocycles. The fraction of sp³-hybridized carbons (Fsp3) is 0.594. The summed E-state index contributed by atoms with van der Waals surface area (Å²) in [6, 6.07) is 14.1. The van der Waals surface area contributed by atoms with Crippen LogP contribution in [-0.4, -0.2) is 25.3 Å². The molecular formula is C32H45ClO4. The van der Waals surface area contributed by atoms with E-state index in [1.165, 1.54) is 44.9 Å². The first kappa shape index (κ1) is 29.5. The van der Waals surface area contributed by atoms with Crippen molar-refractivity contribution in [3.8, 4) is 16.9 Å². The predicted octanol–water partition coefficient (Wildman–Crippen LogP) is 9.48. The number of carbonyl (C=O) groups excluding carboxylic acids is 1. The van der Waals surface area contributed by atoms with Crippen molar-refractivity contribution in [1.82, 2.24) is 0 Å². The Morgan fingerprint density at radius 2 is 1.62 bits per heavy atom. The van der Waals surface area contributed by atoms with Gasteiger partial charge in [-0.1, -0.05) is 88.1 Å². The molecular weight excluding hydrogens is 484 g/mol. The van der Waals surface area contributed by atoms with Crippen molar-refractivity contribution in [3.05, 3.63) is 53.1 Å². The lowest BCUT2D eigenvalue weighted by Gasteiger charge is -2.30. The Hall–Kier alpha value is -2.04. The molecule has 0 bridgehead atoms. The zero-order valence-corrected chi connectivity index (χ0v) is 23.6. The second-order valence-electron chi connectivity index (χ2n) is 10.1. The lowest BCUT2D eigenvalue weighted by atomic mass is 9.95. The maximum atomic E-state index is 12.2. The molecule has 0 amide bonds. The zero-order valence-electron chi connectivity index (χ0n) is 22.8. The third-order valence-electron chi connectivity index (χ3n) is 7.10. The van der Waals surface area contributed by atoms with Crippen LogP contribution in [0.3, 0.4) is 0 Å². The summed E-state index contributed by atoms with van der Waals surface area (Å²) in [5.41, 5.74) is 3.15. The fourth-order valence-corrected chi connectivity index (χ4v) is 5.19. The Morgan fingerprint density at radius 1 is 0.919 bits per heavy atom. The molecule has 1 aliphatic rings. The number of hydrogen-bond acceptors (Lipinski definition) is 4. The highest BCUT2D eigenvalue weighted by Crippen LogP contribution is 2.36. The van der Waals surface area contributed by atoms with Crippen molar-refractivity contribution in [2.24, 2.45) is 0 Å². The topological polar surface area (TPSA) is 44.8 Å². The number of esters is 1. The minimum absolute atomic E-state index is 0.0199. The highest BCUT2D eigenvalue weighted by atomic mass is 35.5. The minimum atomic E-state index is -0.0991. The van der Waals surface area contributed by atoms with E-state index in [1.807, 2.05) is 43.3 Å². The Morgan fingerprint density at radius 3 is 2.32 bits per heavy atom. The molecule has 0 N–H and O–H groups in total. The molecule has 3 rings (SSSR count). The lowest BCUT2D eigenvalue weighted by molar-refractivity contribution is -0.152. The Labute approximate surface area is 229 Å². The first-order chi connectivity index (χ1) is 18.1. The van der Waals surface area contributed by atoms with E-state index in [0.29, 0.717) is 24.7 Å². The average Bonchev–Trinajstić information content (AvgIpc) is 2.92. The van der Waals surface area contributed by atoms with Crippen LogP contribution in [-0.2, 0) is 14.3 Å². The number of unbranched alkanes of at least 4 members (excludes halogenated alkanes) is 8. The molecule has 0 saturated carbocycles. The molecule has 1 aliphatic heterocycles. The third-order valence-corrected chi connectivity index (χ3v) is 7.43. The first-order valence-corrected chi connectivity index (χ1v) is 14.8. The molecule has 1 saturated heterocycles. The van der Waals surface area contributed by atoms with Crippen molar-refractivity contribution < 1.29 is 19.0 Å². The highest BCUT2D eigenvalue weighted by molar-refractivity contribution is 6.33. The molecule has 37 heavy (non-hydrogen) atoms. The number of hydrogen-bond donors (Lipinski definition) is 0. The van der Waals surface area contributed by atoms with Crippen LogP contribution in [0.25, 0.3) is 11.1 Å². The van der Waals surface area contributed by atoms with Gasteiger partial charge in [-0.3, -0.25) is 4.79 Å². The molecule has 2 aromatic carbocycles. The van der Waals surface area contributed by atoms with E-state index < -0.39 is 0 Å². The summed E-state index contributed by atoms with van der Waals surface area (Å²) >= 11 is 6.55. The van der Waals surface area contributed by atoms with E-state index in [4.69, 9.17) is 25.8 Å². The van der Waals surface area contributed by atoms with Gasteiger partial charge in [0.2, 0.25) is 0 Å². The fourth-order valence-electron chi connectivity index (χ4n) is 4.97. The molecule has 1 heterocycles. The van der Waals surface area contributed by atoms with E-state index in [2.05, 4.69) is 13.0 Å². The number of benzene rings is 2. The molecule has 0 aliphatic carbocycles. The number of ether oxygens (including phenoxy) is 3. The summed E-state index contributed by atoms with van der Waals surface area (Å²) in [5, 5.41) is 0.714. The average molecular weight is 529 g/mol. The summed E-state index contributed by atoms with van der Waals surface area (Å²) in [6.07, 6.45) is 14.5. The van der Waals surface area contributed by atoms with Gasteiger partial charge in [0.05, 0.1) is 18.8 Å². The predicted molar refractivity (Wildman–Crippen MR) is 152 cm³/mol. The van der Waals surface area contributed by atoms with Crippen LogP contribution in [0.2, 0.25) is 5.02 Å². The summed E-state index contributed by atoms with van der Waals surface area (Å²) < 4.78 is 17.5. The summed E-state index contributed by atoms with van der Waals surface area (Å²) in [7, 11) is 0. The minimum Gasteiger partial charge on any atom is -0.494 e. The number of halogens is 1. The van der Waals surface area contributed by atoms with Gasteiger partial charge in [-0.2, -0.15) is 0 Å². The van der Waals surface area contributed by atoms with Gasteiger partial charge >= 0.3 is 5.97 Å². The standard InChI is InChI=1S/C32H45ClO4/c1-3-5-6-7-8-9-10-11-12-16-32(34)36-24-28-14-13-15-31(37-28)26-19-22-30(33)29(23-26)25-17-20-27(21-18-25)35-4-2/h17-23,28,31H,3-16,24H2,1-2H3/t28-,31-/m1/s1. The van der Waals surface area contributed by atoms with Gasteiger partial charge in [0.25, 0.3) is 0 Å². The maximum absolute atomic E-state index is 12.2. The molecule has 0 spiro atoms. The van der Waals surface area contributed by atoms with Crippen LogP contribution >= 0.6 is 11.6 Å². The van der Waals surface area contributed by atoms with E-state index >= 15 is 0 Å². The van der Waals surface area contributed by atoms with Gasteiger partial charge in [-0.25, -0.2) is 0 Å². The molecule has 5 heteroatoms. The van der Waals surface area contributed by atoms with Crippen LogP contribution < -0.4 is 4.74 Å². The van der Waals surface area contributed by atoms with Crippen LogP contribution in [0.1, 0.15) is 109 Å². The van der Waals surface area contributed by atoms with Crippen LogP contribution in [0.5, 0.6) is 5.75 Å². The molecule has 4 nitrogen and oxygen atoms in total. The van der Waals surface area contributed by atoms with Crippen LogP contribution in [0, 0.1) is 0 Å². The van der Waals surface area contributed by atoms with Crippen molar-refractivity contribution in [3.63, 3.8) is 0 Å². The highest BCUT2D eigenvalue weighted by Gasteiger charge is 2.25. The summed E-state index contributed by atoms with van der Waals surface area (Å²) in [5.74, 6) is 0.752. The summed E-state index contributed by atoms with van der Waals surface area (Å²) in [6.45, 7) is 5.21. The third kappa shape index (κ3) is 10.3. The Kier molecular flexibility index (Phi) is 13.3. The van der Waals surface area contributed by atoms with Crippen molar-refractivity contribution >= 4 is 17.6 Å². The van der Waals surface area contributed by atoms with Crippen LogP contribution in [0.15, 0.2) is 42.5 Å². The van der Waals surface area contributed by atoms with E-state index in [-0.39, 0.29) is 18.2 Å². The molecule has 1 fully saturated rings. The normalized spacial score (nSPS) is 17.5.